The fourth-order valence-corrected chi connectivity index (χ4v) is 2.36. The second-order valence-electron chi connectivity index (χ2n) is 4.95. The van der Waals surface area contributed by atoms with Gasteiger partial charge in [0.15, 0.2) is 0 Å². The maximum atomic E-state index is 11.6. The van der Waals surface area contributed by atoms with E-state index in [2.05, 4.69) is 33.6 Å². The molecule has 1 fully saturated rings. The number of carbonyl (C=O) groups is 1. The van der Waals surface area contributed by atoms with Crippen molar-refractivity contribution in [2.45, 2.75) is 19.3 Å². The number of hydrogen-bond donors (Lipinski definition) is 2. The van der Waals surface area contributed by atoms with E-state index in [9.17, 15) is 4.79 Å². The van der Waals surface area contributed by atoms with Gasteiger partial charge in [0, 0.05) is 24.5 Å². The summed E-state index contributed by atoms with van der Waals surface area (Å²) < 4.78 is 0. The van der Waals surface area contributed by atoms with Crippen molar-refractivity contribution in [1.82, 2.24) is 5.32 Å². The smallest absolute Gasteiger partial charge is 0.238 e. The largest absolute Gasteiger partial charge is 0.372 e. The molecule has 1 aliphatic heterocycles. The summed E-state index contributed by atoms with van der Waals surface area (Å²) >= 11 is 0. The van der Waals surface area contributed by atoms with Crippen molar-refractivity contribution in [2.24, 2.45) is 0 Å². The summed E-state index contributed by atoms with van der Waals surface area (Å²) in [5.74, 6) is 2.36. The first-order valence-corrected chi connectivity index (χ1v) is 7.08. The molecule has 1 aromatic rings. The van der Waals surface area contributed by atoms with Gasteiger partial charge in [-0.3, -0.25) is 10.1 Å². The highest BCUT2D eigenvalue weighted by molar-refractivity contribution is 5.92. The SMILES string of the molecule is C#CCNCC(=O)Nc1ccc(N2CCCCC2)cc1. The van der Waals surface area contributed by atoms with E-state index in [0.29, 0.717) is 6.54 Å². The van der Waals surface area contributed by atoms with Gasteiger partial charge in [-0.1, -0.05) is 5.92 Å². The standard InChI is InChI=1S/C16H21N3O/c1-2-10-17-13-16(20)18-14-6-8-15(9-7-14)19-11-4-3-5-12-19/h1,6-9,17H,3-5,10-13H2,(H,18,20). The number of nitrogens with one attached hydrogen (secondary N) is 2. The monoisotopic (exact) mass is 271 g/mol. The van der Waals surface area contributed by atoms with E-state index in [-0.39, 0.29) is 12.5 Å². The summed E-state index contributed by atoms with van der Waals surface area (Å²) in [7, 11) is 0. The number of anilines is 2. The van der Waals surface area contributed by atoms with Crippen molar-refractivity contribution in [1.29, 1.82) is 0 Å². The number of rotatable bonds is 5. The molecule has 1 aliphatic rings. The molecule has 0 unspecified atom stereocenters. The zero-order valence-corrected chi connectivity index (χ0v) is 11.7. The number of piperidine rings is 1. The van der Waals surface area contributed by atoms with Crippen molar-refractivity contribution >= 4 is 17.3 Å². The van der Waals surface area contributed by atoms with Crippen LogP contribution in [0.15, 0.2) is 24.3 Å². The topological polar surface area (TPSA) is 44.4 Å². The van der Waals surface area contributed by atoms with E-state index >= 15 is 0 Å². The summed E-state index contributed by atoms with van der Waals surface area (Å²) in [4.78, 5) is 14.0. The van der Waals surface area contributed by atoms with Crippen LogP contribution in [0.2, 0.25) is 0 Å². The average molecular weight is 271 g/mol. The van der Waals surface area contributed by atoms with E-state index in [4.69, 9.17) is 6.42 Å². The third-order valence-electron chi connectivity index (χ3n) is 3.38. The van der Waals surface area contributed by atoms with Gasteiger partial charge in [-0.25, -0.2) is 0 Å². The van der Waals surface area contributed by atoms with Crippen molar-refractivity contribution in [3.05, 3.63) is 24.3 Å². The number of carbonyl (C=O) groups excluding carboxylic acids is 1. The fourth-order valence-electron chi connectivity index (χ4n) is 2.36. The van der Waals surface area contributed by atoms with Crippen molar-refractivity contribution in [3.8, 4) is 12.3 Å². The average Bonchev–Trinajstić information content (AvgIpc) is 2.49. The Kier molecular flexibility index (Phi) is 5.45. The van der Waals surface area contributed by atoms with Crippen LogP contribution in [-0.4, -0.2) is 32.1 Å². The third-order valence-corrected chi connectivity index (χ3v) is 3.38. The molecule has 1 aromatic carbocycles. The Labute approximate surface area is 120 Å². The number of hydrogen-bond acceptors (Lipinski definition) is 3. The van der Waals surface area contributed by atoms with Crippen molar-refractivity contribution in [2.75, 3.05) is 36.4 Å². The summed E-state index contributed by atoms with van der Waals surface area (Å²) in [6.07, 6.45) is 8.96. The third kappa shape index (κ3) is 4.29. The molecular weight excluding hydrogens is 250 g/mol. The molecule has 0 bridgehead atoms. The van der Waals surface area contributed by atoms with Gasteiger partial charge in [0.2, 0.25) is 5.91 Å². The molecule has 0 saturated carbocycles. The molecule has 0 radical (unpaired) electrons. The van der Waals surface area contributed by atoms with Crippen LogP contribution in [0.4, 0.5) is 11.4 Å². The maximum absolute atomic E-state index is 11.6. The van der Waals surface area contributed by atoms with Crippen LogP contribution in [0.5, 0.6) is 0 Å². The Balaban J connectivity index is 1.84. The lowest BCUT2D eigenvalue weighted by atomic mass is 10.1. The summed E-state index contributed by atoms with van der Waals surface area (Å²) in [6.45, 7) is 2.89. The molecule has 4 nitrogen and oxygen atoms in total. The van der Waals surface area contributed by atoms with Crippen LogP contribution in [0, 0.1) is 12.3 Å². The van der Waals surface area contributed by atoms with Gasteiger partial charge in [0.05, 0.1) is 13.1 Å². The first-order chi connectivity index (χ1) is 9.79. The zero-order chi connectivity index (χ0) is 14.2. The molecular formula is C16H21N3O. The minimum atomic E-state index is -0.0778. The summed E-state index contributed by atoms with van der Waals surface area (Å²) in [5.41, 5.74) is 2.05. The molecule has 2 rings (SSSR count). The van der Waals surface area contributed by atoms with E-state index in [1.165, 1.54) is 24.9 Å². The maximum Gasteiger partial charge on any atom is 0.238 e. The lowest BCUT2D eigenvalue weighted by Crippen LogP contribution is -2.29. The number of amides is 1. The van der Waals surface area contributed by atoms with Crippen molar-refractivity contribution < 1.29 is 4.79 Å². The summed E-state index contributed by atoms with van der Waals surface area (Å²) in [6, 6.07) is 8.03. The molecule has 1 heterocycles. The van der Waals surface area contributed by atoms with Crippen molar-refractivity contribution in [3.63, 3.8) is 0 Å². The number of nitrogens with zero attached hydrogens (tertiary/aromatic N) is 1. The molecule has 4 heteroatoms. The van der Waals surface area contributed by atoms with Gasteiger partial charge < -0.3 is 10.2 Å². The Morgan fingerprint density at radius 1 is 1.20 bits per heavy atom. The highest BCUT2D eigenvalue weighted by Crippen LogP contribution is 2.21. The first kappa shape index (κ1) is 14.4. The van der Waals surface area contributed by atoms with Crippen LogP contribution in [0.1, 0.15) is 19.3 Å². The van der Waals surface area contributed by atoms with Gasteiger partial charge in [0.1, 0.15) is 0 Å². The second-order valence-corrected chi connectivity index (χ2v) is 4.95. The Morgan fingerprint density at radius 3 is 2.55 bits per heavy atom. The highest BCUT2D eigenvalue weighted by Gasteiger charge is 2.10. The Hall–Kier alpha value is -1.99. The number of terminal acetylenes is 1. The molecule has 0 aromatic heterocycles. The van der Waals surface area contributed by atoms with Gasteiger partial charge in [-0.2, -0.15) is 0 Å². The molecule has 0 aliphatic carbocycles. The lowest BCUT2D eigenvalue weighted by Gasteiger charge is -2.28. The van der Waals surface area contributed by atoms with Crippen LogP contribution >= 0.6 is 0 Å². The fraction of sp³-hybridized carbons (Fsp3) is 0.438. The van der Waals surface area contributed by atoms with Gasteiger partial charge in [-0.15, -0.1) is 6.42 Å². The summed E-state index contributed by atoms with van der Waals surface area (Å²) in [5, 5.41) is 5.70. The molecule has 20 heavy (non-hydrogen) atoms. The first-order valence-electron chi connectivity index (χ1n) is 7.08. The van der Waals surface area contributed by atoms with E-state index in [1.807, 2.05) is 12.1 Å². The van der Waals surface area contributed by atoms with Crippen LogP contribution < -0.4 is 15.5 Å². The molecule has 106 valence electrons. The molecule has 2 N–H and O–H groups in total. The quantitative estimate of drug-likeness (QED) is 0.634. The van der Waals surface area contributed by atoms with E-state index < -0.39 is 0 Å². The minimum absolute atomic E-state index is 0.0778. The highest BCUT2D eigenvalue weighted by atomic mass is 16.1. The van der Waals surface area contributed by atoms with Gasteiger partial charge in [-0.05, 0) is 43.5 Å². The predicted octanol–water partition coefficient (Wildman–Crippen LogP) is 1.84. The zero-order valence-electron chi connectivity index (χ0n) is 11.7. The Bertz CT molecular complexity index is 469. The molecule has 0 spiro atoms. The van der Waals surface area contributed by atoms with Gasteiger partial charge in [0.25, 0.3) is 0 Å². The predicted molar refractivity (Wildman–Crippen MR) is 82.8 cm³/mol. The second kappa shape index (κ2) is 7.56. The van der Waals surface area contributed by atoms with Crippen LogP contribution in [0.25, 0.3) is 0 Å². The van der Waals surface area contributed by atoms with Gasteiger partial charge >= 0.3 is 0 Å². The van der Waals surface area contributed by atoms with E-state index in [1.54, 1.807) is 0 Å². The van der Waals surface area contributed by atoms with Crippen LogP contribution in [0.3, 0.4) is 0 Å². The normalized spacial score (nSPS) is 14.7. The lowest BCUT2D eigenvalue weighted by molar-refractivity contribution is -0.115. The molecule has 1 saturated heterocycles. The number of benzene rings is 1. The molecule has 1 amide bonds. The molecule has 0 atom stereocenters. The Morgan fingerprint density at radius 2 is 1.90 bits per heavy atom. The minimum Gasteiger partial charge on any atom is -0.372 e. The van der Waals surface area contributed by atoms with Crippen LogP contribution in [-0.2, 0) is 4.79 Å². The van der Waals surface area contributed by atoms with E-state index in [0.717, 1.165) is 18.8 Å².